The molecule has 0 spiro atoms. The van der Waals surface area contributed by atoms with Crippen molar-refractivity contribution in [2.24, 2.45) is 0 Å². The van der Waals surface area contributed by atoms with Crippen LogP contribution < -0.4 is 0 Å². The first kappa shape index (κ1) is 11.2. The summed E-state index contributed by atoms with van der Waals surface area (Å²) in [6.45, 7) is 0. The van der Waals surface area contributed by atoms with Gasteiger partial charge in [0.15, 0.2) is 11.4 Å². The molecule has 2 heterocycles. The highest BCUT2D eigenvalue weighted by molar-refractivity contribution is 7.98. The highest BCUT2D eigenvalue weighted by atomic mass is 32.2. The van der Waals surface area contributed by atoms with E-state index in [9.17, 15) is 4.39 Å². The number of benzene rings is 1. The van der Waals surface area contributed by atoms with Crippen LogP contribution in [0, 0.1) is 5.82 Å². The molecule has 0 fully saturated rings. The lowest BCUT2D eigenvalue weighted by atomic mass is 10.3. The summed E-state index contributed by atoms with van der Waals surface area (Å²) >= 11 is 1.58. The number of para-hydroxylation sites is 1. The van der Waals surface area contributed by atoms with Crippen molar-refractivity contribution in [2.45, 2.75) is 4.90 Å². The summed E-state index contributed by atoms with van der Waals surface area (Å²) in [5.74, 6) is 0.00924. The second-order valence-corrected chi connectivity index (χ2v) is 4.60. The van der Waals surface area contributed by atoms with Crippen molar-refractivity contribution in [3.63, 3.8) is 0 Å². The van der Waals surface area contributed by atoms with Crippen molar-refractivity contribution >= 4 is 22.9 Å². The van der Waals surface area contributed by atoms with Gasteiger partial charge in [0.1, 0.15) is 5.52 Å². The van der Waals surface area contributed by atoms with Crippen molar-refractivity contribution in [3.05, 3.63) is 42.5 Å². The molecule has 0 aliphatic heterocycles. The van der Waals surface area contributed by atoms with Gasteiger partial charge in [-0.05, 0) is 24.5 Å². The molecule has 0 saturated heterocycles. The summed E-state index contributed by atoms with van der Waals surface area (Å²) in [6.07, 6.45) is 5.38. The van der Waals surface area contributed by atoms with Gasteiger partial charge in [-0.2, -0.15) is 0 Å². The van der Waals surface area contributed by atoms with Gasteiger partial charge in [-0.15, -0.1) is 11.8 Å². The van der Waals surface area contributed by atoms with Crippen LogP contribution in [0.25, 0.3) is 22.6 Å². The Labute approximate surface area is 107 Å². The molecule has 0 N–H and O–H groups in total. The minimum atomic E-state index is -0.378. The summed E-state index contributed by atoms with van der Waals surface area (Å²) < 4.78 is 19.1. The van der Waals surface area contributed by atoms with Gasteiger partial charge < -0.3 is 4.42 Å². The van der Waals surface area contributed by atoms with Gasteiger partial charge in [0.2, 0.25) is 5.89 Å². The summed E-state index contributed by atoms with van der Waals surface area (Å²) in [5.41, 5.74) is 1.44. The Balaban J connectivity index is 2.16. The number of pyridine rings is 1. The molecule has 0 atom stereocenters. The molecule has 0 unspecified atom stereocenters. The third-order valence-corrected chi connectivity index (χ3v) is 3.26. The molecule has 90 valence electrons. The van der Waals surface area contributed by atoms with Gasteiger partial charge in [0.05, 0.1) is 5.56 Å². The lowest BCUT2D eigenvalue weighted by Crippen LogP contribution is -1.82. The second-order valence-electron chi connectivity index (χ2n) is 3.72. The average molecular weight is 260 g/mol. The van der Waals surface area contributed by atoms with Gasteiger partial charge in [0, 0.05) is 17.3 Å². The molecule has 0 radical (unpaired) electrons. The Morgan fingerprint density at radius 2 is 2.17 bits per heavy atom. The second kappa shape index (κ2) is 4.42. The number of halogens is 1. The van der Waals surface area contributed by atoms with Gasteiger partial charge in [-0.3, -0.25) is 4.98 Å². The van der Waals surface area contributed by atoms with Gasteiger partial charge in [-0.1, -0.05) is 6.07 Å². The minimum absolute atomic E-state index is 0.252. The lowest BCUT2D eigenvalue weighted by molar-refractivity contribution is 0.616. The highest BCUT2D eigenvalue weighted by Crippen LogP contribution is 2.27. The number of hydrogen-bond acceptors (Lipinski definition) is 4. The van der Waals surface area contributed by atoms with E-state index in [-0.39, 0.29) is 11.3 Å². The van der Waals surface area contributed by atoms with Crippen LogP contribution in [0.5, 0.6) is 0 Å². The van der Waals surface area contributed by atoms with E-state index in [0.717, 1.165) is 10.5 Å². The molecule has 1 aromatic carbocycles. The third kappa shape index (κ3) is 1.86. The van der Waals surface area contributed by atoms with Gasteiger partial charge in [0.25, 0.3) is 0 Å². The molecule has 2 aromatic heterocycles. The summed E-state index contributed by atoms with van der Waals surface area (Å²) in [7, 11) is 0. The molecule has 3 aromatic rings. The molecule has 3 nitrogen and oxygen atoms in total. The fourth-order valence-corrected chi connectivity index (χ4v) is 2.10. The first-order valence-corrected chi connectivity index (χ1v) is 6.55. The third-order valence-electron chi connectivity index (χ3n) is 2.57. The highest BCUT2D eigenvalue weighted by Gasteiger charge is 2.11. The molecule has 18 heavy (non-hydrogen) atoms. The topological polar surface area (TPSA) is 38.9 Å². The first-order chi connectivity index (χ1) is 8.78. The van der Waals surface area contributed by atoms with Crippen molar-refractivity contribution in [3.8, 4) is 11.5 Å². The van der Waals surface area contributed by atoms with Crippen LogP contribution in [-0.2, 0) is 0 Å². The van der Waals surface area contributed by atoms with E-state index in [1.54, 1.807) is 36.3 Å². The molecule has 0 amide bonds. The smallest absolute Gasteiger partial charge is 0.229 e. The monoisotopic (exact) mass is 260 g/mol. The lowest BCUT2D eigenvalue weighted by Gasteiger charge is -1.97. The predicted octanol–water partition coefficient (Wildman–Crippen LogP) is 3.75. The number of rotatable bonds is 2. The molecule has 0 aliphatic rings. The molecular weight excluding hydrogens is 251 g/mol. The Bertz CT molecular complexity index is 711. The van der Waals surface area contributed by atoms with E-state index in [2.05, 4.69) is 9.97 Å². The molecular formula is C13H9FN2OS. The van der Waals surface area contributed by atoms with E-state index >= 15 is 0 Å². The predicted molar refractivity (Wildman–Crippen MR) is 69.0 cm³/mol. The fourth-order valence-electron chi connectivity index (χ4n) is 1.69. The Kier molecular flexibility index (Phi) is 2.76. The Hall–Kier alpha value is -1.88. The van der Waals surface area contributed by atoms with Crippen LogP contribution in [0.4, 0.5) is 4.39 Å². The quantitative estimate of drug-likeness (QED) is 0.658. The number of hydrogen-bond donors (Lipinski definition) is 0. The van der Waals surface area contributed by atoms with Crippen LogP contribution in [0.3, 0.4) is 0 Å². The zero-order valence-electron chi connectivity index (χ0n) is 9.55. The van der Waals surface area contributed by atoms with Crippen LogP contribution in [0.2, 0.25) is 0 Å². The summed E-state index contributed by atoms with van der Waals surface area (Å²) in [4.78, 5) is 9.29. The fraction of sp³-hybridized carbons (Fsp3) is 0.0769. The number of fused-ring (bicyclic) bond motifs is 1. The van der Waals surface area contributed by atoms with Crippen molar-refractivity contribution in [1.82, 2.24) is 9.97 Å². The zero-order valence-corrected chi connectivity index (χ0v) is 10.4. The first-order valence-electron chi connectivity index (χ1n) is 5.32. The van der Waals surface area contributed by atoms with E-state index < -0.39 is 0 Å². The molecule has 5 heteroatoms. The standard InChI is InChI=1S/C13H9FN2OS/c1-18-9-5-8(6-15-7-9)13-16-12-10(14)3-2-4-11(12)17-13/h2-7H,1H3. The van der Waals surface area contributed by atoms with Gasteiger partial charge >= 0.3 is 0 Å². The molecule has 0 saturated carbocycles. The van der Waals surface area contributed by atoms with Crippen molar-refractivity contribution in [2.75, 3.05) is 6.26 Å². The SMILES string of the molecule is CSc1cncc(-c2nc3c(F)cccc3o2)c1. The largest absolute Gasteiger partial charge is 0.436 e. The number of oxazole rings is 1. The minimum Gasteiger partial charge on any atom is -0.436 e. The summed E-state index contributed by atoms with van der Waals surface area (Å²) in [5, 5.41) is 0. The number of thioether (sulfide) groups is 1. The average Bonchev–Trinajstić information content (AvgIpc) is 2.84. The van der Waals surface area contributed by atoms with E-state index in [0.29, 0.717) is 11.5 Å². The van der Waals surface area contributed by atoms with Gasteiger partial charge in [-0.25, -0.2) is 9.37 Å². The Morgan fingerprint density at radius 3 is 2.94 bits per heavy atom. The molecule has 0 aliphatic carbocycles. The van der Waals surface area contributed by atoms with Crippen molar-refractivity contribution < 1.29 is 8.81 Å². The van der Waals surface area contributed by atoms with E-state index in [1.165, 1.54) is 6.07 Å². The molecule has 0 bridgehead atoms. The zero-order chi connectivity index (χ0) is 12.5. The maximum absolute atomic E-state index is 13.5. The normalized spacial score (nSPS) is 11.0. The van der Waals surface area contributed by atoms with Crippen LogP contribution in [-0.4, -0.2) is 16.2 Å². The summed E-state index contributed by atoms with van der Waals surface area (Å²) in [6, 6.07) is 6.58. The maximum atomic E-state index is 13.5. The van der Waals surface area contributed by atoms with E-state index in [4.69, 9.17) is 4.42 Å². The number of aromatic nitrogens is 2. The maximum Gasteiger partial charge on any atom is 0.229 e. The van der Waals surface area contributed by atoms with Crippen LogP contribution in [0.1, 0.15) is 0 Å². The molecule has 3 rings (SSSR count). The van der Waals surface area contributed by atoms with E-state index in [1.807, 2.05) is 12.3 Å². The van der Waals surface area contributed by atoms with Crippen molar-refractivity contribution in [1.29, 1.82) is 0 Å². The van der Waals surface area contributed by atoms with Crippen LogP contribution in [0.15, 0.2) is 46.0 Å². The van der Waals surface area contributed by atoms with Crippen LogP contribution >= 0.6 is 11.8 Å². The Morgan fingerprint density at radius 1 is 1.28 bits per heavy atom. The number of nitrogens with zero attached hydrogens (tertiary/aromatic N) is 2.